The minimum absolute atomic E-state index is 0.177. The zero-order chi connectivity index (χ0) is 19.0. The maximum atomic E-state index is 5.85. The van der Waals surface area contributed by atoms with Gasteiger partial charge in [0.1, 0.15) is 18.0 Å². The Morgan fingerprint density at radius 1 is 1.04 bits per heavy atom. The van der Waals surface area contributed by atoms with Crippen LogP contribution in [0.2, 0.25) is 0 Å². The summed E-state index contributed by atoms with van der Waals surface area (Å²) >= 11 is 0. The molecule has 6 heteroatoms. The van der Waals surface area contributed by atoms with E-state index in [1.165, 1.54) is 0 Å². The Bertz CT molecular complexity index is 1090. The van der Waals surface area contributed by atoms with Crippen molar-refractivity contribution in [2.45, 2.75) is 32.7 Å². The summed E-state index contributed by atoms with van der Waals surface area (Å²) in [6, 6.07) is 16.1. The minimum atomic E-state index is -0.177. The van der Waals surface area contributed by atoms with Crippen molar-refractivity contribution in [3.63, 3.8) is 0 Å². The summed E-state index contributed by atoms with van der Waals surface area (Å²) in [5.41, 5.74) is 2.75. The molecule has 2 heterocycles. The molecule has 4 rings (SSSR count). The first-order chi connectivity index (χ1) is 13.0. The van der Waals surface area contributed by atoms with Crippen LogP contribution in [-0.4, -0.2) is 27.1 Å². The number of methoxy groups -OCH3 is 1. The van der Waals surface area contributed by atoms with Gasteiger partial charge in [-0.15, -0.1) is 10.2 Å². The highest BCUT2D eigenvalue weighted by Crippen LogP contribution is 2.30. The lowest BCUT2D eigenvalue weighted by Gasteiger charge is -2.10. The Morgan fingerprint density at radius 2 is 1.85 bits per heavy atom. The van der Waals surface area contributed by atoms with Gasteiger partial charge in [0.25, 0.3) is 0 Å². The summed E-state index contributed by atoms with van der Waals surface area (Å²) in [5.74, 6) is 1.98. The van der Waals surface area contributed by atoms with Gasteiger partial charge in [0.2, 0.25) is 11.8 Å². The topological polar surface area (TPSA) is 66.0 Å². The third-order valence-corrected chi connectivity index (χ3v) is 4.39. The van der Waals surface area contributed by atoms with Crippen LogP contribution in [0.1, 0.15) is 32.6 Å². The zero-order valence-corrected chi connectivity index (χ0v) is 15.9. The van der Waals surface area contributed by atoms with Gasteiger partial charge in [-0.3, -0.25) is 4.68 Å². The molecule has 6 nitrogen and oxygen atoms in total. The van der Waals surface area contributed by atoms with E-state index in [-0.39, 0.29) is 5.41 Å². The van der Waals surface area contributed by atoms with Crippen LogP contribution in [-0.2, 0) is 12.0 Å². The Labute approximate surface area is 157 Å². The Kier molecular flexibility index (Phi) is 4.18. The Hall–Kier alpha value is -3.15. The predicted octanol–water partition coefficient (Wildman–Crippen LogP) is 4.44. The standard InChI is InChI=1S/C21H22N4O2/c1-21(2,3)20-23-22-18(27-20)13-25-17-11-6-5-10-16(17)19(24-25)14-8-7-9-15(12-14)26-4/h5-12H,13H2,1-4H3. The molecule has 0 saturated carbocycles. The predicted molar refractivity (Wildman–Crippen MR) is 104 cm³/mol. The zero-order valence-electron chi connectivity index (χ0n) is 15.9. The van der Waals surface area contributed by atoms with Crippen molar-refractivity contribution in [3.05, 3.63) is 60.3 Å². The quantitative estimate of drug-likeness (QED) is 0.537. The van der Waals surface area contributed by atoms with E-state index in [0.717, 1.165) is 27.9 Å². The molecule has 0 atom stereocenters. The number of hydrogen-bond acceptors (Lipinski definition) is 5. The molecule has 138 valence electrons. The van der Waals surface area contributed by atoms with E-state index in [1.54, 1.807) is 7.11 Å². The number of aromatic nitrogens is 4. The second kappa shape index (κ2) is 6.54. The van der Waals surface area contributed by atoms with Gasteiger partial charge in [-0.05, 0) is 18.2 Å². The molecule has 27 heavy (non-hydrogen) atoms. The number of hydrogen-bond donors (Lipinski definition) is 0. The molecule has 0 aliphatic carbocycles. The summed E-state index contributed by atoms with van der Waals surface area (Å²) < 4.78 is 13.1. The van der Waals surface area contributed by atoms with E-state index in [4.69, 9.17) is 14.3 Å². The van der Waals surface area contributed by atoms with Crippen LogP contribution in [0, 0.1) is 0 Å². The SMILES string of the molecule is COc1cccc(-c2nn(Cc3nnc(C(C)(C)C)o3)c3ccccc23)c1. The van der Waals surface area contributed by atoms with Gasteiger partial charge in [0.05, 0.1) is 12.6 Å². The van der Waals surface area contributed by atoms with Crippen molar-refractivity contribution in [1.82, 2.24) is 20.0 Å². The lowest BCUT2D eigenvalue weighted by Crippen LogP contribution is -2.11. The van der Waals surface area contributed by atoms with Crippen LogP contribution in [0.3, 0.4) is 0 Å². The third kappa shape index (κ3) is 3.30. The summed E-state index contributed by atoms with van der Waals surface area (Å²) in [7, 11) is 1.66. The van der Waals surface area contributed by atoms with Gasteiger partial charge in [0.15, 0.2) is 0 Å². The number of benzene rings is 2. The van der Waals surface area contributed by atoms with E-state index in [1.807, 2.05) is 47.1 Å². The number of ether oxygens (including phenoxy) is 1. The molecular formula is C21H22N4O2. The first-order valence-corrected chi connectivity index (χ1v) is 8.88. The summed E-state index contributed by atoms with van der Waals surface area (Å²) in [4.78, 5) is 0. The van der Waals surface area contributed by atoms with Crippen LogP contribution in [0.4, 0.5) is 0 Å². The molecule has 0 saturated heterocycles. The van der Waals surface area contributed by atoms with Crippen LogP contribution >= 0.6 is 0 Å². The Morgan fingerprint density at radius 3 is 2.59 bits per heavy atom. The monoisotopic (exact) mass is 362 g/mol. The van der Waals surface area contributed by atoms with Crippen molar-refractivity contribution < 1.29 is 9.15 Å². The maximum Gasteiger partial charge on any atom is 0.237 e. The largest absolute Gasteiger partial charge is 0.497 e. The fourth-order valence-corrected chi connectivity index (χ4v) is 2.98. The van der Waals surface area contributed by atoms with Gasteiger partial charge in [-0.2, -0.15) is 5.10 Å². The first kappa shape index (κ1) is 17.3. The summed E-state index contributed by atoms with van der Waals surface area (Å²) in [5, 5.41) is 14.3. The molecule has 2 aromatic heterocycles. The van der Waals surface area contributed by atoms with Gasteiger partial charge in [-0.25, -0.2) is 0 Å². The normalized spacial score (nSPS) is 11.9. The summed E-state index contributed by atoms with van der Waals surface area (Å²) in [6.07, 6.45) is 0. The van der Waals surface area contributed by atoms with E-state index < -0.39 is 0 Å². The van der Waals surface area contributed by atoms with Gasteiger partial charge < -0.3 is 9.15 Å². The lowest BCUT2D eigenvalue weighted by molar-refractivity contribution is 0.364. The first-order valence-electron chi connectivity index (χ1n) is 8.88. The van der Waals surface area contributed by atoms with E-state index >= 15 is 0 Å². The van der Waals surface area contributed by atoms with E-state index in [2.05, 4.69) is 37.0 Å². The molecule has 0 aliphatic rings. The van der Waals surface area contributed by atoms with Crippen molar-refractivity contribution in [2.75, 3.05) is 7.11 Å². The number of fused-ring (bicyclic) bond motifs is 1. The third-order valence-electron chi connectivity index (χ3n) is 4.39. The van der Waals surface area contributed by atoms with Crippen molar-refractivity contribution in [3.8, 4) is 17.0 Å². The van der Waals surface area contributed by atoms with Crippen molar-refractivity contribution >= 4 is 10.9 Å². The molecule has 0 spiro atoms. The molecule has 0 N–H and O–H groups in total. The molecule has 0 radical (unpaired) electrons. The summed E-state index contributed by atoms with van der Waals surface area (Å²) in [6.45, 7) is 6.57. The second-order valence-electron chi connectivity index (χ2n) is 7.51. The van der Waals surface area contributed by atoms with Crippen LogP contribution in [0.25, 0.3) is 22.2 Å². The maximum absolute atomic E-state index is 5.85. The number of para-hydroxylation sites is 1. The second-order valence-corrected chi connectivity index (χ2v) is 7.51. The highest BCUT2D eigenvalue weighted by atomic mass is 16.5. The fraction of sp³-hybridized carbons (Fsp3) is 0.286. The number of rotatable bonds is 4. The molecule has 0 aliphatic heterocycles. The average molecular weight is 362 g/mol. The van der Waals surface area contributed by atoms with E-state index in [9.17, 15) is 0 Å². The number of nitrogens with zero attached hydrogens (tertiary/aromatic N) is 4. The van der Waals surface area contributed by atoms with Crippen LogP contribution in [0.15, 0.2) is 52.9 Å². The molecule has 2 aromatic carbocycles. The molecular weight excluding hydrogens is 340 g/mol. The van der Waals surface area contributed by atoms with E-state index in [0.29, 0.717) is 18.3 Å². The minimum Gasteiger partial charge on any atom is -0.497 e. The molecule has 0 fully saturated rings. The Balaban J connectivity index is 1.77. The average Bonchev–Trinajstić information content (AvgIpc) is 3.27. The van der Waals surface area contributed by atoms with Crippen molar-refractivity contribution in [1.29, 1.82) is 0 Å². The van der Waals surface area contributed by atoms with Gasteiger partial charge in [0, 0.05) is 16.4 Å². The molecule has 0 bridgehead atoms. The highest BCUT2D eigenvalue weighted by Gasteiger charge is 2.22. The lowest BCUT2D eigenvalue weighted by atomic mass is 9.97. The van der Waals surface area contributed by atoms with Gasteiger partial charge >= 0.3 is 0 Å². The smallest absolute Gasteiger partial charge is 0.237 e. The molecule has 0 unspecified atom stereocenters. The van der Waals surface area contributed by atoms with Crippen LogP contribution in [0.5, 0.6) is 5.75 Å². The van der Waals surface area contributed by atoms with Crippen LogP contribution < -0.4 is 4.74 Å². The van der Waals surface area contributed by atoms with Gasteiger partial charge in [-0.1, -0.05) is 51.1 Å². The molecule has 4 aromatic rings. The highest BCUT2D eigenvalue weighted by molar-refractivity contribution is 5.93. The van der Waals surface area contributed by atoms with Crippen molar-refractivity contribution in [2.24, 2.45) is 0 Å². The fourth-order valence-electron chi connectivity index (χ4n) is 2.98. The molecule has 0 amide bonds.